The van der Waals surface area contributed by atoms with Gasteiger partial charge in [-0.1, -0.05) is 45.0 Å². The largest absolute Gasteiger partial charge is 0.487 e. The first-order chi connectivity index (χ1) is 22.0. The van der Waals surface area contributed by atoms with E-state index in [2.05, 4.69) is 35.3 Å². The third-order valence-electron chi connectivity index (χ3n) is 7.73. The van der Waals surface area contributed by atoms with Gasteiger partial charge < -0.3 is 14.4 Å². The second-order valence-corrected chi connectivity index (χ2v) is 15.2. The van der Waals surface area contributed by atoms with Gasteiger partial charge in [0, 0.05) is 57.2 Å². The van der Waals surface area contributed by atoms with Crippen molar-refractivity contribution in [2.24, 2.45) is 5.41 Å². The Hall–Kier alpha value is -4.31. The third kappa shape index (κ3) is 8.16. The van der Waals surface area contributed by atoms with Crippen LogP contribution in [0.4, 0.5) is 13.2 Å². The molecule has 0 aliphatic rings. The van der Waals surface area contributed by atoms with Crippen molar-refractivity contribution in [1.82, 2.24) is 14.5 Å². The number of alkyl halides is 3. The van der Waals surface area contributed by atoms with Gasteiger partial charge in [0.1, 0.15) is 12.4 Å². The minimum atomic E-state index is -4.45. The Balaban J connectivity index is 1.55. The molecule has 0 fully saturated rings. The van der Waals surface area contributed by atoms with E-state index in [0.29, 0.717) is 36.6 Å². The number of hydrogen-bond donors (Lipinski definition) is 1. The fourth-order valence-electron chi connectivity index (χ4n) is 5.25. The van der Waals surface area contributed by atoms with E-state index < -0.39 is 23.1 Å². The van der Waals surface area contributed by atoms with Gasteiger partial charge in [-0.2, -0.15) is 13.2 Å². The topological polar surface area (TPSA) is 77.2 Å². The van der Waals surface area contributed by atoms with Crippen molar-refractivity contribution in [1.29, 1.82) is 0 Å². The maximum atomic E-state index is 13.0. The van der Waals surface area contributed by atoms with Crippen LogP contribution >= 0.6 is 11.8 Å². The Morgan fingerprint density at radius 1 is 0.936 bits per heavy atom. The normalized spacial score (nSPS) is 12.4. The maximum Gasteiger partial charge on any atom is 0.417 e. The summed E-state index contributed by atoms with van der Waals surface area (Å²) in [6.45, 7) is 12.6. The van der Waals surface area contributed by atoms with Gasteiger partial charge in [0.2, 0.25) is 0 Å². The zero-order valence-corrected chi connectivity index (χ0v) is 28.1. The predicted octanol–water partition coefficient (Wildman–Crippen LogP) is 9.60. The molecule has 5 rings (SSSR count). The number of fused-ring (bicyclic) bond motifs is 1. The number of halogens is 3. The quantitative estimate of drug-likeness (QED) is 0.150. The number of benzene rings is 2. The average Bonchev–Trinajstić information content (AvgIpc) is 3.25. The van der Waals surface area contributed by atoms with Crippen molar-refractivity contribution in [2.45, 2.75) is 76.9 Å². The number of thioether (sulfide) groups is 1. The van der Waals surface area contributed by atoms with E-state index in [9.17, 15) is 23.1 Å². The Kier molecular flexibility index (Phi) is 9.46. The van der Waals surface area contributed by atoms with Crippen LogP contribution in [0.25, 0.3) is 22.2 Å². The van der Waals surface area contributed by atoms with Crippen molar-refractivity contribution in [3.63, 3.8) is 0 Å². The van der Waals surface area contributed by atoms with Crippen molar-refractivity contribution in [3.8, 4) is 17.0 Å². The Morgan fingerprint density at radius 3 is 2.26 bits per heavy atom. The van der Waals surface area contributed by atoms with Gasteiger partial charge in [-0.3, -0.25) is 14.8 Å². The molecular formula is C37H38F3N3O3S. The Bertz CT molecular complexity index is 1890. The van der Waals surface area contributed by atoms with E-state index >= 15 is 0 Å². The number of carbonyl (C=O) groups is 1. The molecule has 0 amide bonds. The minimum Gasteiger partial charge on any atom is -0.487 e. The van der Waals surface area contributed by atoms with Gasteiger partial charge in [-0.05, 0) is 74.4 Å². The summed E-state index contributed by atoms with van der Waals surface area (Å²) in [5, 5.41) is 11.1. The van der Waals surface area contributed by atoms with Crippen LogP contribution in [0.5, 0.6) is 5.75 Å². The van der Waals surface area contributed by atoms with Gasteiger partial charge in [0.25, 0.3) is 0 Å². The number of ether oxygens (including phenoxy) is 1. The molecule has 0 radical (unpaired) electrons. The van der Waals surface area contributed by atoms with Gasteiger partial charge in [-0.15, -0.1) is 11.8 Å². The zero-order valence-electron chi connectivity index (χ0n) is 27.3. The lowest BCUT2D eigenvalue weighted by atomic mass is 9.88. The van der Waals surface area contributed by atoms with Crippen LogP contribution in [-0.2, 0) is 30.5 Å². The smallest absolute Gasteiger partial charge is 0.417 e. The summed E-state index contributed by atoms with van der Waals surface area (Å²) in [7, 11) is 0. The number of carboxylic acid groups (broad SMARTS) is 1. The van der Waals surface area contributed by atoms with Crippen molar-refractivity contribution >= 4 is 28.6 Å². The molecule has 0 spiro atoms. The summed E-state index contributed by atoms with van der Waals surface area (Å²) in [6.07, 6.45) is -1.54. The lowest BCUT2D eigenvalue weighted by Crippen LogP contribution is -2.28. The molecule has 2 aromatic carbocycles. The van der Waals surface area contributed by atoms with Gasteiger partial charge >= 0.3 is 12.1 Å². The first kappa shape index (κ1) is 34.0. The second kappa shape index (κ2) is 13.1. The minimum absolute atomic E-state index is 0.167. The van der Waals surface area contributed by atoms with E-state index in [1.807, 2.05) is 61.5 Å². The first-order valence-electron chi connectivity index (χ1n) is 15.2. The van der Waals surface area contributed by atoms with Crippen LogP contribution < -0.4 is 4.74 Å². The van der Waals surface area contributed by atoms with Crippen LogP contribution in [0.2, 0.25) is 0 Å². The molecule has 6 nitrogen and oxygen atoms in total. The highest BCUT2D eigenvalue weighted by Crippen LogP contribution is 2.44. The van der Waals surface area contributed by atoms with Gasteiger partial charge in [-0.25, -0.2) is 0 Å². The van der Waals surface area contributed by atoms with Gasteiger partial charge in [0.15, 0.2) is 0 Å². The summed E-state index contributed by atoms with van der Waals surface area (Å²) < 4.78 is 47.3. The number of carboxylic acids is 1. The molecule has 0 aliphatic heterocycles. The molecule has 3 aromatic heterocycles. The van der Waals surface area contributed by atoms with E-state index in [4.69, 9.17) is 4.74 Å². The molecule has 3 heterocycles. The summed E-state index contributed by atoms with van der Waals surface area (Å²) in [6, 6.07) is 19.8. The summed E-state index contributed by atoms with van der Waals surface area (Å²) in [5.41, 5.74) is 4.05. The molecule has 0 saturated heterocycles. The number of rotatable bonds is 10. The Labute approximate surface area is 277 Å². The number of aliphatic carboxylic acids is 1. The molecule has 0 unspecified atom stereocenters. The number of pyridine rings is 2. The molecule has 1 N–H and O–H groups in total. The number of aromatic nitrogens is 3. The fraction of sp³-hybridized carbons (Fsp3) is 0.324. The molecule has 0 atom stereocenters. The SMILES string of the molecule is Cc1ccnc(COc2ccc3c(c2)c(SC(C)(C)C)c(CC(C)(C)C(=O)O)n3Cc2ccc(-c3ccc(C(F)(F)F)cn3)cc2)c1. The highest BCUT2D eigenvalue weighted by Gasteiger charge is 2.33. The van der Waals surface area contributed by atoms with Crippen LogP contribution in [-0.4, -0.2) is 30.4 Å². The molecule has 246 valence electrons. The van der Waals surface area contributed by atoms with E-state index in [-0.39, 0.29) is 4.75 Å². The lowest BCUT2D eigenvalue weighted by Gasteiger charge is -2.24. The van der Waals surface area contributed by atoms with Crippen LogP contribution in [0.1, 0.15) is 62.7 Å². The molecule has 0 aliphatic carbocycles. The number of nitrogens with zero attached hydrogens (tertiary/aromatic N) is 3. The first-order valence-corrected chi connectivity index (χ1v) is 16.1. The van der Waals surface area contributed by atoms with E-state index in [0.717, 1.165) is 50.6 Å². The van der Waals surface area contributed by atoms with Crippen molar-refractivity contribution < 1.29 is 27.8 Å². The molecule has 0 bridgehead atoms. The summed E-state index contributed by atoms with van der Waals surface area (Å²) in [4.78, 5) is 21.8. The highest BCUT2D eigenvalue weighted by molar-refractivity contribution is 8.00. The summed E-state index contributed by atoms with van der Waals surface area (Å²) >= 11 is 1.70. The van der Waals surface area contributed by atoms with Crippen LogP contribution in [0, 0.1) is 12.3 Å². The average molecular weight is 662 g/mol. The number of aryl methyl sites for hydroxylation is 1. The molecule has 5 aromatic rings. The van der Waals surface area contributed by atoms with Crippen molar-refractivity contribution in [3.05, 3.63) is 107 Å². The van der Waals surface area contributed by atoms with E-state index in [1.165, 1.54) is 6.07 Å². The monoisotopic (exact) mass is 661 g/mol. The molecule has 47 heavy (non-hydrogen) atoms. The zero-order chi connectivity index (χ0) is 34.1. The summed E-state index contributed by atoms with van der Waals surface area (Å²) in [5.74, 6) is -0.199. The molecular weight excluding hydrogens is 623 g/mol. The van der Waals surface area contributed by atoms with Gasteiger partial charge in [0.05, 0.1) is 22.4 Å². The second-order valence-electron chi connectivity index (χ2n) is 13.4. The van der Waals surface area contributed by atoms with E-state index in [1.54, 1.807) is 31.8 Å². The Morgan fingerprint density at radius 2 is 1.66 bits per heavy atom. The fourth-order valence-corrected chi connectivity index (χ4v) is 6.43. The standard InChI is InChI=1S/C37H38F3N3O3S/c1-23-15-16-41-27(17-23)22-46-28-12-14-31-29(18-28)33(47-35(2,3)4)32(19-36(5,6)34(44)45)43(31)21-24-7-9-25(10-8-24)30-13-11-26(20-42-30)37(38,39)40/h7-18,20H,19,21-22H2,1-6H3,(H,44,45). The molecule has 10 heteroatoms. The maximum absolute atomic E-state index is 13.0. The number of hydrogen-bond acceptors (Lipinski definition) is 5. The van der Waals surface area contributed by atoms with Crippen LogP contribution in [0.15, 0.2) is 84.0 Å². The van der Waals surface area contributed by atoms with Crippen molar-refractivity contribution in [2.75, 3.05) is 0 Å². The lowest BCUT2D eigenvalue weighted by molar-refractivity contribution is -0.147. The highest BCUT2D eigenvalue weighted by atomic mass is 32.2. The third-order valence-corrected chi connectivity index (χ3v) is 9.00. The van der Waals surface area contributed by atoms with Crippen LogP contribution in [0.3, 0.4) is 0 Å². The predicted molar refractivity (Wildman–Crippen MR) is 180 cm³/mol. The molecule has 0 saturated carbocycles.